The minimum absolute atomic E-state index is 0.0589. The van der Waals surface area contributed by atoms with Crippen molar-refractivity contribution >= 4 is 17.2 Å². The molecule has 2 atom stereocenters. The first kappa shape index (κ1) is 12.3. The Labute approximate surface area is 105 Å². The summed E-state index contributed by atoms with van der Waals surface area (Å²) in [6.45, 7) is 0.301. The summed E-state index contributed by atoms with van der Waals surface area (Å²) in [5, 5.41) is 16.5. The fraction of sp³-hybridized carbons (Fsp3) is 0.462. The number of aliphatic hydroxyl groups excluding tert-OH is 1. The summed E-state index contributed by atoms with van der Waals surface area (Å²) in [5.74, 6) is 0.137. The Morgan fingerprint density at radius 1 is 1.59 bits per heavy atom. The highest BCUT2D eigenvalue weighted by molar-refractivity contribution is 7.07. The van der Waals surface area contributed by atoms with Crippen LogP contribution >= 0.6 is 11.3 Å². The van der Waals surface area contributed by atoms with Gasteiger partial charge in [0.15, 0.2) is 0 Å². The number of allylic oxidation sites excluding steroid dienone is 2. The molecule has 0 saturated carbocycles. The molecule has 92 valence electrons. The van der Waals surface area contributed by atoms with E-state index in [-0.39, 0.29) is 11.8 Å². The van der Waals surface area contributed by atoms with Crippen molar-refractivity contribution in [3.63, 3.8) is 0 Å². The van der Waals surface area contributed by atoms with E-state index < -0.39 is 6.10 Å². The Morgan fingerprint density at radius 3 is 3.12 bits per heavy atom. The molecule has 2 unspecified atom stereocenters. The molecule has 1 aliphatic rings. The van der Waals surface area contributed by atoms with Crippen molar-refractivity contribution in [2.75, 3.05) is 6.54 Å². The minimum atomic E-state index is -0.593. The fourth-order valence-corrected chi connectivity index (χ4v) is 2.66. The summed E-state index contributed by atoms with van der Waals surface area (Å²) in [7, 11) is 0. The van der Waals surface area contributed by atoms with E-state index in [1.165, 1.54) is 0 Å². The lowest BCUT2D eigenvalue weighted by Gasteiger charge is -2.18. The number of rotatable bonds is 4. The third-order valence-electron chi connectivity index (χ3n) is 3.04. The van der Waals surface area contributed by atoms with Crippen molar-refractivity contribution in [3.8, 4) is 0 Å². The summed E-state index contributed by atoms with van der Waals surface area (Å²) >= 11 is 1.55. The van der Waals surface area contributed by atoms with Crippen LogP contribution in [0.25, 0.3) is 0 Å². The smallest absolute Gasteiger partial charge is 0.223 e. The molecule has 0 radical (unpaired) electrons. The normalized spacial score (nSPS) is 21.1. The van der Waals surface area contributed by atoms with Crippen LogP contribution in [-0.2, 0) is 4.79 Å². The van der Waals surface area contributed by atoms with Gasteiger partial charge in [0.2, 0.25) is 5.91 Å². The molecule has 0 fully saturated rings. The van der Waals surface area contributed by atoms with Crippen LogP contribution in [0.15, 0.2) is 29.0 Å². The third kappa shape index (κ3) is 3.41. The average Bonchev–Trinajstić information content (AvgIpc) is 2.90. The van der Waals surface area contributed by atoms with Crippen LogP contribution in [0.3, 0.4) is 0 Å². The molecule has 2 N–H and O–H groups in total. The van der Waals surface area contributed by atoms with Crippen LogP contribution < -0.4 is 5.32 Å². The highest BCUT2D eigenvalue weighted by atomic mass is 32.1. The van der Waals surface area contributed by atoms with Crippen LogP contribution in [-0.4, -0.2) is 17.6 Å². The molecule has 17 heavy (non-hydrogen) atoms. The largest absolute Gasteiger partial charge is 0.387 e. The third-order valence-corrected chi connectivity index (χ3v) is 3.74. The molecule has 4 heteroatoms. The number of carbonyl (C=O) groups excluding carboxylic acids is 1. The van der Waals surface area contributed by atoms with Crippen LogP contribution in [0.2, 0.25) is 0 Å². The molecule has 0 aliphatic heterocycles. The number of aliphatic hydroxyl groups is 1. The highest BCUT2D eigenvalue weighted by Gasteiger charge is 2.19. The first-order chi connectivity index (χ1) is 8.27. The first-order valence-corrected chi connectivity index (χ1v) is 6.84. The maximum Gasteiger partial charge on any atom is 0.223 e. The van der Waals surface area contributed by atoms with Gasteiger partial charge in [-0.2, -0.15) is 11.3 Å². The van der Waals surface area contributed by atoms with Gasteiger partial charge in [0, 0.05) is 12.5 Å². The van der Waals surface area contributed by atoms with Crippen molar-refractivity contribution in [2.24, 2.45) is 5.92 Å². The molecule has 2 rings (SSSR count). The molecule has 1 aromatic heterocycles. The zero-order chi connectivity index (χ0) is 12.1. The van der Waals surface area contributed by atoms with E-state index in [4.69, 9.17) is 0 Å². The molecular weight excluding hydrogens is 234 g/mol. The van der Waals surface area contributed by atoms with Gasteiger partial charge in [-0.1, -0.05) is 12.2 Å². The Morgan fingerprint density at radius 2 is 2.47 bits per heavy atom. The van der Waals surface area contributed by atoms with Crippen molar-refractivity contribution in [1.82, 2.24) is 5.32 Å². The van der Waals surface area contributed by atoms with Crippen LogP contribution in [0, 0.1) is 5.92 Å². The number of thiophene rings is 1. The molecular formula is C13H17NO2S. The number of hydrogen-bond donors (Lipinski definition) is 2. The maximum atomic E-state index is 11.8. The zero-order valence-electron chi connectivity index (χ0n) is 9.63. The van der Waals surface area contributed by atoms with E-state index in [0.29, 0.717) is 6.54 Å². The van der Waals surface area contributed by atoms with Gasteiger partial charge in [0.1, 0.15) is 0 Å². The van der Waals surface area contributed by atoms with Gasteiger partial charge in [0.05, 0.1) is 6.10 Å². The van der Waals surface area contributed by atoms with Crippen LogP contribution in [0.4, 0.5) is 0 Å². The molecule has 0 spiro atoms. The molecule has 0 bridgehead atoms. The quantitative estimate of drug-likeness (QED) is 0.806. The van der Waals surface area contributed by atoms with Gasteiger partial charge in [-0.05, 0) is 41.7 Å². The summed E-state index contributed by atoms with van der Waals surface area (Å²) in [5.41, 5.74) is 0.874. The summed E-state index contributed by atoms with van der Waals surface area (Å²) in [6, 6.07) is 1.88. The van der Waals surface area contributed by atoms with Crippen LogP contribution in [0.1, 0.15) is 30.9 Å². The second kappa shape index (κ2) is 5.98. The lowest BCUT2D eigenvalue weighted by Crippen LogP contribution is -2.34. The maximum absolute atomic E-state index is 11.8. The molecule has 1 heterocycles. The first-order valence-electron chi connectivity index (χ1n) is 5.90. The predicted molar refractivity (Wildman–Crippen MR) is 68.8 cm³/mol. The molecule has 0 aromatic carbocycles. The van der Waals surface area contributed by atoms with Gasteiger partial charge in [-0.25, -0.2) is 0 Å². The summed E-state index contributed by atoms with van der Waals surface area (Å²) in [4.78, 5) is 11.8. The van der Waals surface area contributed by atoms with Crippen molar-refractivity contribution in [3.05, 3.63) is 34.5 Å². The van der Waals surface area contributed by atoms with Crippen molar-refractivity contribution in [1.29, 1.82) is 0 Å². The van der Waals surface area contributed by atoms with Gasteiger partial charge in [-0.3, -0.25) is 4.79 Å². The molecule has 1 aliphatic carbocycles. The molecule has 1 aromatic rings. The van der Waals surface area contributed by atoms with Gasteiger partial charge in [0.25, 0.3) is 0 Å². The Hall–Kier alpha value is -1.13. The zero-order valence-corrected chi connectivity index (χ0v) is 10.5. The fourth-order valence-electron chi connectivity index (χ4n) is 1.96. The Balaban J connectivity index is 1.78. The average molecular weight is 251 g/mol. The van der Waals surface area contributed by atoms with Crippen molar-refractivity contribution < 1.29 is 9.90 Å². The number of nitrogens with one attached hydrogen (secondary N) is 1. The second-order valence-corrected chi connectivity index (χ2v) is 5.08. The topological polar surface area (TPSA) is 49.3 Å². The van der Waals surface area contributed by atoms with E-state index >= 15 is 0 Å². The molecule has 3 nitrogen and oxygen atoms in total. The standard InChI is InChI=1S/C13H17NO2S/c15-12(11-6-7-17-9-11)8-14-13(16)10-4-2-1-3-5-10/h1-2,6-7,9-10,12,15H,3-5,8H2,(H,14,16). The number of hydrogen-bond acceptors (Lipinski definition) is 3. The highest BCUT2D eigenvalue weighted by Crippen LogP contribution is 2.19. The van der Waals surface area contributed by atoms with E-state index in [1.807, 2.05) is 16.8 Å². The van der Waals surface area contributed by atoms with E-state index in [2.05, 4.69) is 17.5 Å². The summed E-state index contributed by atoms with van der Waals surface area (Å²) in [6.07, 6.45) is 6.29. The SMILES string of the molecule is O=C(NCC(O)c1ccsc1)C1CC=CCC1. The monoisotopic (exact) mass is 251 g/mol. The van der Waals surface area contributed by atoms with Gasteiger partial charge < -0.3 is 10.4 Å². The number of carbonyl (C=O) groups is 1. The van der Waals surface area contributed by atoms with E-state index in [0.717, 1.165) is 24.8 Å². The Bertz CT molecular complexity index is 386. The second-order valence-electron chi connectivity index (χ2n) is 4.30. The van der Waals surface area contributed by atoms with Crippen LogP contribution in [0.5, 0.6) is 0 Å². The van der Waals surface area contributed by atoms with Gasteiger partial charge >= 0.3 is 0 Å². The van der Waals surface area contributed by atoms with E-state index in [1.54, 1.807) is 11.3 Å². The lowest BCUT2D eigenvalue weighted by atomic mass is 9.93. The summed E-state index contributed by atoms with van der Waals surface area (Å²) < 4.78 is 0. The number of amides is 1. The molecule has 0 saturated heterocycles. The van der Waals surface area contributed by atoms with Gasteiger partial charge in [-0.15, -0.1) is 0 Å². The lowest BCUT2D eigenvalue weighted by molar-refractivity contribution is -0.125. The Kier molecular flexibility index (Phi) is 4.34. The van der Waals surface area contributed by atoms with Crippen molar-refractivity contribution in [2.45, 2.75) is 25.4 Å². The predicted octanol–water partition coefficient (Wildman–Crippen LogP) is 2.25. The molecule has 1 amide bonds. The van der Waals surface area contributed by atoms with E-state index in [9.17, 15) is 9.90 Å². The minimum Gasteiger partial charge on any atom is -0.387 e.